The molecule has 0 radical (unpaired) electrons. The molecule has 1 atom stereocenters. The second-order valence-corrected chi connectivity index (χ2v) is 14.0. The van der Waals surface area contributed by atoms with Gasteiger partial charge in [0.1, 0.15) is 14.8 Å². The third kappa shape index (κ3) is 5.90. The van der Waals surface area contributed by atoms with Gasteiger partial charge in [-0.3, -0.25) is 4.68 Å². The van der Waals surface area contributed by atoms with E-state index in [0.29, 0.717) is 21.4 Å². The summed E-state index contributed by atoms with van der Waals surface area (Å²) < 4.78 is 14.3. The van der Waals surface area contributed by atoms with Gasteiger partial charge < -0.3 is 9.16 Å². The smallest absolute Gasteiger partial charge is 0.343 e. The lowest BCUT2D eigenvalue weighted by Crippen LogP contribution is -2.41. The molecule has 1 heterocycles. The Hall–Kier alpha value is -0.183. The second kappa shape index (κ2) is 9.15. The fraction of sp³-hybridized carbons (Fsp3) is 0.765. The Kier molecular flexibility index (Phi) is 8.36. The van der Waals surface area contributed by atoms with Crippen molar-refractivity contribution in [3.8, 4) is 0 Å². The molecular formula is C17H30Br2N2O3Si. The number of esters is 1. The number of carbonyl (C=O) groups excluding carboxylic acids is 1. The molecular weight excluding hydrogens is 468 g/mol. The van der Waals surface area contributed by atoms with Gasteiger partial charge in [-0.15, -0.1) is 0 Å². The summed E-state index contributed by atoms with van der Waals surface area (Å²) in [6.45, 7) is 16.2. The van der Waals surface area contributed by atoms with Crippen LogP contribution >= 0.6 is 31.9 Å². The molecule has 0 fully saturated rings. The summed E-state index contributed by atoms with van der Waals surface area (Å²) in [5, 5.41) is 4.66. The summed E-state index contributed by atoms with van der Waals surface area (Å²) >= 11 is 6.84. The van der Waals surface area contributed by atoms with E-state index in [4.69, 9.17) is 9.16 Å². The first-order valence-corrected chi connectivity index (χ1v) is 13.2. The molecule has 0 bridgehead atoms. The third-order valence-corrected chi connectivity index (χ3v) is 10.6. The molecule has 0 amide bonds. The number of rotatable bonds is 8. The van der Waals surface area contributed by atoms with E-state index < -0.39 is 8.32 Å². The molecule has 144 valence electrons. The molecule has 0 saturated heterocycles. The van der Waals surface area contributed by atoms with Gasteiger partial charge in [-0.1, -0.05) is 20.8 Å². The number of hydrogen-bond donors (Lipinski definition) is 0. The SMILES string of the molecule is CCOC(=O)c1c(Br)nn(C(C)CCCO[Si](C)(C)C(C)(C)C)c1Br. The average molecular weight is 498 g/mol. The van der Waals surface area contributed by atoms with Crippen LogP contribution in [0.25, 0.3) is 0 Å². The third-order valence-electron chi connectivity index (χ3n) is 4.74. The van der Waals surface area contributed by atoms with Crippen molar-refractivity contribution < 1.29 is 14.0 Å². The topological polar surface area (TPSA) is 53.3 Å². The van der Waals surface area contributed by atoms with Gasteiger partial charge in [0.15, 0.2) is 8.32 Å². The first kappa shape index (κ1) is 22.9. The van der Waals surface area contributed by atoms with E-state index in [-0.39, 0.29) is 17.0 Å². The molecule has 0 saturated carbocycles. The standard InChI is InChI=1S/C17H30Br2N2O3Si/c1-8-23-16(22)13-14(18)20-21(15(13)19)12(2)10-9-11-24-25(6,7)17(3,4)5/h12H,8-11H2,1-7H3. The van der Waals surface area contributed by atoms with Crippen LogP contribution in [-0.2, 0) is 9.16 Å². The lowest BCUT2D eigenvalue weighted by atomic mass is 10.2. The van der Waals surface area contributed by atoms with Crippen LogP contribution < -0.4 is 0 Å². The molecule has 1 aromatic rings. The minimum absolute atomic E-state index is 0.150. The zero-order valence-electron chi connectivity index (χ0n) is 16.3. The Balaban J connectivity index is 2.66. The zero-order chi connectivity index (χ0) is 19.4. The average Bonchev–Trinajstić information content (AvgIpc) is 2.77. The van der Waals surface area contributed by atoms with E-state index in [1.807, 2.05) is 4.68 Å². The summed E-state index contributed by atoms with van der Waals surface area (Å²) in [4.78, 5) is 12.0. The van der Waals surface area contributed by atoms with E-state index in [9.17, 15) is 4.79 Å². The van der Waals surface area contributed by atoms with Crippen molar-refractivity contribution in [1.82, 2.24) is 9.78 Å². The van der Waals surface area contributed by atoms with Crippen molar-refractivity contribution >= 4 is 46.1 Å². The summed E-state index contributed by atoms with van der Waals surface area (Å²) in [5.41, 5.74) is 0.436. The van der Waals surface area contributed by atoms with Crippen LogP contribution in [0.1, 0.15) is 63.9 Å². The van der Waals surface area contributed by atoms with E-state index in [0.717, 1.165) is 19.4 Å². The number of hydrogen-bond acceptors (Lipinski definition) is 4. The zero-order valence-corrected chi connectivity index (χ0v) is 20.5. The molecule has 1 unspecified atom stereocenters. The molecule has 25 heavy (non-hydrogen) atoms. The molecule has 1 rings (SSSR count). The summed E-state index contributed by atoms with van der Waals surface area (Å²) in [6.07, 6.45) is 1.87. The van der Waals surface area contributed by atoms with Crippen molar-refractivity contribution in [1.29, 1.82) is 0 Å². The normalized spacial score (nSPS) is 13.8. The maximum atomic E-state index is 12.0. The van der Waals surface area contributed by atoms with Gasteiger partial charge in [-0.25, -0.2) is 4.79 Å². The number of carbonyl (C=O) groups is 1. The molecule has 0 aliphatic rings. The first-order chi connectivity index (χ1) is 11.4. The van der Waals surface area contributed by atoms with Crippen LogP contribution in [0.3, 0.4) is 0 Å². The summed E-state index contributed by atoms with van der Waals surface area (Å²) in [7, 11) is -1.70. The van der Waals surface area contributed by atoms with Crippen molar-refractivity contribution in [3.05, 3.63) is 14.8 Å². The van der Waals surface area contributed by atoms with Gasteiger partial charge in [0, 0.05) is 6.61 Å². The first-order valence-electron chi connectivity index (χ1n) is 8.67. The van der Waals surface area contributed by atoms with Crippen LogP contribution in [-0.4, -0.2) is 37.3 Å². The lowest BCUT2D eigenvalue weighted by Gasteiger charge is -2.36. The van der Waals surface area contributed by atoms with Gasteiger partial charge in [0.25, 0.3) is 0 Å². The van der Waals surface area contributed by atoms with Crippen LogP contribution in [0.4, 0.5) is 0 Å². The minimum Gasteiger partial charge on any atom is -0.462 e. The van der Waals surface area contributed by atoms with E-state index in [1.54, 1.807) is 6.92 Å². The van der Waals surface area contributed by atoms with E-state index in [1.165, 1.54) is 0 Å². The summed E-state index contributed by atoms with van der Waals surface area (Å²) in [5.74, 6) is -0.374. The Morgan fingerprint density at radius 3 is 2.44 bits per heavy atom. The lowest BCUT2D eigenvalue weighted by molar-refractivity contribution is 0.0524. The van der Waals surface area contributed by atoms with Crippen molar-refractivity contribution in [2.24, 2.45) is 0 Å². The quantitative estimate of drug-likeness (QED) is 0.253. The van der Waals surface area contributed by atoms with Gasteiger partial charge in [-0.2, -0.15) is 5.10 Å². The summed E-state index contributed by atoms with van der Waals surface area (Å²) in [6, 6.07) is 0.150. The second-order valence-electron chi connectivity index (χ2n) is 7.72. The van der Waals surface area contributed by atoms with Crippen LogP contribution in [0.5, 0.6) is 0 Å². The minimum atomic E-state index is -1.70. The Morgan fingerprint density at radius 2 is 1.92 bits per heavy atom. The Bertz CT molecular complexity index is 597. The highest BCUT2D eigenvalue weighted by atomic mass is 79.9. The van der Waals surface area contributed by atoms with Crippen molar-refractivity contribution in [3.63, 3.8) is 0 Å². The molecule has 0 N–H and O–H groups in total. The van der Waals surface area contributed by atoms with Gasteiger partial charge in [0.05, 0.1) is 12.6 Å². The highest BCUT2D eigenvalue weighted by Gasteiger charge is 2.36. The van der Waals surface area contributed by atoms with Crippen LogP contribution in [0, 0.1) is 0 Å². The highest BCUT2D eigenvalue weighted by molar-refractivity contribution is 9.11. The van der Waals surface area contributed by atoms with Crippen molar-refractivity contribution in [2.75, 3.05) is 13.2 Å². The molecule has 0 spiro atoms. The monoisotopic (exact) mass is 496 g/mol. The van der Waals surface area contributed by atoms with Gasteiger partial charge in [0.2, 0.25) is 0 Å². The number of halogens is 2. The van der Waals surface area contributed by atoms with E-state index >= 15 is 0 Å². The molecule has 1 aromatic heterocycles. The molecule has 0 aliphatic heterocycles. The Labute approximate surface area is 169 Å². The number of aromatic nitrogens is 2. The van der Waals surface area contributed by atoms with Crippen molar-refractivity contribution in [2.45, 2.75) is 71.6 Å². The van der Waals surface area contributed by atoms with Gasteiger partial charge >= 0.3 is 5.97 Å². The molecule has 0 aliphatic carbocycles. The molecule has 5 nitrogen and oxygen atoms in total. The number of nitrogens with zero attached hydrogens (tertiary/aromatic N) is 2. The fourth-order valence-corrected chi connectivity index (χ4v) is 4.75. The van der Waals surface area contributed by atoms with Gasteiger partial charge in [-0.05, 0) is 76.7 Å². The highest BCUT2D eigenvalue weighted by Crippen LogP contribution is 2.36. The fourth-order valence-electron chi connectivity index (χ4n) is 2.10. The predicted molar refractivity (Wildman–Crippen MR) is 111 cm³/mol. The maximum absolute atomic E-state index is 12.0. The largest absolute Gasteiger partial charge is 0.462 e. The Morgan fingerprint density at radius 1 is 1.32 bits per heavy atom. The number of ether oxygens (including phenoxy) is 1. The van der Waals surface area contributed by atoms with Crippen LogP contribution in [0.15, 0.2) is 9.21 Å². The van der Waals surface area contributed by atoms with Crippen LogP contribution in [0.2, 0.25) is 18.1 Å². The molecule has 8 heteroatoms. The maximum Gasteiger partial charge on any atom is 0.343 e. The molecule has 0 aromatic carbocycles. The predicted octanol–water partition coefficient (Wildman–Crippen LogP) is 5.95. The van der Waals surface area contributed by atoms with E-state index in [2.05, 4.69) is 77.7 Å².